The average molecular weight is 306 g/mol. The SMILES string of the molecule is CC(C)Oc1cc(CN(CC2(CO)COC2)C2CC2)ccn1. The van der Waals surface area contributed by atoms with Crippen LogP contribution in [0, 0.1) is 5.41 Å². The van der Waals surface area contributed by atoms with Crippen LogP contribution in [-0.2, 0) is 11.3 Å². The van der Waals surface area contributed by atoms with E-state index in [9.17, 15) is 5.11 Å². The molecule has 0 unspecified atom stereocenters. The van der Waals surface area contributed by atoms with Gasteiger partial charge in [0.1, 0.15) is 0 Å². The molecule has 2 fully saturated rings. The summed E-state index contributed by atoms with van der Waals surface area (Å²) < 4.78 is 11.0. The maximum absolute atomic E-state index is 9.66. The van der Waals surface area contributed by atoms with Gasteiger partial charge in [0.05, 0.1) is 31.3 Å². The van der Waals surface area contributed by atoms with Crippen LogP contribution in [0.4, 0.5) is 0 Å². The third-order valence-electron chi connectivity index (χ3n) is 4.30. The highest BCUT2D eigenvalue weighted by Crippen LogP contribution is 2.35. The summed E-state index contributed by atoms with van der Waals surface area (Å²) in [5.41, 5.74) is 1.15. The fraction of sp³-hybridized carbons (Fsp3) is 0.706. The summed E-state index contributed by atoms with van der Waals surface area (Å²) in [7, 11) is 0. The fourth-order valence-corrected chi connectivity index (χ4v) is 2.90. The Bertz CT molecular complexity index is 493. The van der Waals surface area contributed by atoms with E-state index >= 15 is 0 Å². The average Bonchev–Trinajstić information content (AvgIpc) is 3.26. The zero-order valence-corrected chi connectivity index (χ0v) is 13.5. The summed E-state index contributed by atoms with van der Waals surface area (Å²) in [6.07, 6.45) is 4.45. The number of rotatable bonds is 8. The van der Waals surface area contributed by atoms with E-state index in [2.05, 4.69) is 9.88 Å². The molecule has 1 aliphatic heterocycles. The highest BCUT2D eigenvalue weighted by molar-refractivity contribution is 5.21. The van der Waals surface area contributed by atoms with E-state index in [1.165, 1.54) is 18.4 Å². The predicted octanol–water partition coefficient (Wildman–Crippen LogP) is 1.84. The van der Waals surface area contributed by atoms with Crippen molar-refractivity contribution < 1.29 is 14.6 Å². The molecule has 2 heterocycles. The maximum Gasteiger partial charge on any atom is 0.213 e. The van der Waals surface area contributed by atoms with Gasteiger partial charge in [-0.2, -0.15) is 0 Å². The summed E-state index contributed by atoms with van der Waals surface area (Å²) in [6, 6.07) is 4.72. The van der Waals surface area contributed by atoms with Crippen molar-refractivity contribution >= 4 is 0 Å². The van der Waals surface area contributed by atoms with Crippen LogP contribution < -0.4 is 4.74 Å². The molecule has 1 aromatic rings. The molecule has 3 rings (SSSR count). The van der Waals surface area contributed by atoms with Crippen LogP contribution in [0.15, 0.2) is 18.3 Å². The minimum atomic E-state index is -0.0626. The van der Waals surface area contributed by atoms with Crippen LogP contribution in [0.3, 0.4) is 0 Å². The molecule has 1 saturated heterocycles. The Balaban J connectivity index is 1.66. The topological polar surface area (TPSA) is 54.8 Å². The van der Waals surface area contributed by atoms with Crippen LogP contribution in [0.5, 0.6) is 5.88 Å². The smallest absolute Gasteiger partial charge is 0.213 e. The zero-order valence-electron chi connectivity index (χ0n) is 13.5. The number of aliphatic hydroxyl groups excluding tert-OH is 1. The number of pyridine rings is 1. The predicted molar refractivity (Wildman–Crippen MR) is 83.8 cm³/mol. The molecule has 2 aliphatic rings. The summed E-state index contributed by atoms with van der Waals surface area (Å²) in [5, 5.41) is 9.66. The lowest BCUT2D eigenvalue weighted by atomic mass is 9.86. The molecule has 22 heavy (non-hydrogen) atoms. The van der Waals surface area contributed by atoms with Crippen molar-refractivity contribution in [1.29, 1.82) is 0 Å². The van der Waals surface area contributed by atoms with Gasteiger partial charge in [-0.05, 0) is 38.3 Å². The van der Waals surface area contributed by atoms with Gasteiger partial charge in [0, 0.05) is 31.4 Å². The van der Waals surface area contributed by atoms with Gasteiger partial charge in [0.25, 0.3) is 0 Å². The lowest BCUT2D eigenvalue weighted by molar-refractivity contribution is -0.150. The first kappa shape index (κ1) is 15.7. The Labute approximate surface area is 132 Å². The molecule has 0 aromatic carbocycles. The zero-order chi connectivity index (χ0) is 15.6. The third-order valence-corrected chi connectivity index (χ3v) is 4.30. The van der Waals surface area contributed by atoms with Gasteiger partial charge in [-0.25, -0.2) is 4.98 Å². The van der Waals surface area contributed by atoms with Gasteiger partial charge in [-0.3, -0.25) is 4.90 Å². The van der Waals surface area contributed by atoms with Gasteiger partial charge in [-0.1, -0.05) is 0 Å². The van der Waals surface area contributed by atoms with Gasteiger partial charge in [0.2, 0.25) is 5.88 Å². The van der Waals surface area contributed by atoms with Crippen molar-refractivity contribution in [1.82, 2.24) is 9.88 Å². The van der Waals surface area contributed by atoms with Gasteiger partial charge < -0.3 is 14.6 Å². The molecule has 0 radical (unpaired) electrons. The van der Waals surface area contributed by atoms with E-state index in [4.69, 9.17) is 9.47 Å². The molecule has 1 N–H and O–H groups in total. The molecule has 5 nitrogen and oxygen atoms in total. The second-order valence-corrected chi connectivity index (χ2v) is 6.96. The number of aliphatic hydroxyl groups is 1. The minimum absolute atomic E-state index is 0.0626. The molecule has 0 spiro atoms. The lowest BCUT2D eigenvalue weighted by Gasteiger charge is -2.43. The van der Waals surface area contributed by atoms with Crippen molar-refractivity contribution in [3.63, 3.8) is 0 Å². The molecular weight excluding hydrogens is 280 g/mol. The highest BCUT2D eigenvalue weighted by Gasteiger charge is 2.42. The second-order valence-electron chi connectivity index (χ2n) is 6.96. The Morgan fingerprint density at radius 1 is 1.45 bits per heavy atom. The molecular formula is C17H26N2O3. The molecule has 0 amide bonds. The van der Waals surface area contributed by atoms with E-state index in [0.29, 0.717) is 25.1 Å². The summed E-state index contributed by atoms with van der Waals surface area (Å²) in [5.74, 6) is 0.687. The van der Waals surface area contributed by atoms with Crippen LogP contribution in [0.25, 0.3) is 0 Å². The molecule has 1 aromatic heterocycles. The Kier molecular flexibility index (Phi) is 4.66. The first-order valence-electron chi connectivity index (χ1n) is 8.14. The second kappa shape index (κ2) is 6.52. The number of hydrogen-bond donors (Lipinski definition) is 1. The quantitative estimate of drug-likeness (QED) is 0.794. The molecule has 5 heteroatoms. The molecule has 1 aliphatic carbocycles. The molecule has 0 bridgehead atoms. The number of ether oxygens (including phenoxy) is 2. The Morgan fingerprint density at radius 3 is 2.77 bits per heavy atom. The summed E-state index contributed by atoms with van der Waals surface area (Å²) in [6.45, 7) is 7.34. The number of hydrogen-bond acceptors (Lipinski definition) is 5. The standard InChI is InChI=1S/C17H26N2O3/c1-13(2)22-16-7-14(5-6-18-16)8-19(15-3-4-15)9-17(10-20)11-21-12-17/h5-7,13,15,20H,3-4,8-12H2,1-2H3. The van der Waals surface area contributed by atoms with Crippen LogP contribution in [0.1, 0.15) is 32.3 Å². The Hall–Kier alpha value is -1.17. The molecule has 0 atom stereocenters. The van der Waals surface area contributed by atoms with Crippen LogP contribution >= 0.6 is 0 Å². The van der Waals surface area contributed by atoms with Crippen LogP contribution in [0.2, 0.25) is 0 Å². The maximum atomic E-state index is 9.66. The molecule has 122 valence electrons. The Morgan fingerprint density at radius 2 is 2.23 bits per heavy atom. The van der Waals surface area contributed by atoms with E-state index in [1.807, 2.05) is 32.2 Å². The lowest BCUT2D eigenvalue weighted by Crippen LogP contribution is -2.53. The third kappa shape index (κ3) is 3.77. The van der Waals surface area contributed by atoms with Crippen molar-refractivity contribution in [3.8, 4) is 5.88 Å². The van der Waals surface area contributed by atoms with Crippen LogP contribution in [-0.4, -0.2) is 53.5 Å². The number of aromatic nitrogens is 1. The van der Waals surface area contributed by atoms with Gasteiger partial charge in [-0.15, -0.1) is 0 Å². The first-order chi connectivity index (χ1) is 10.6. The fourth-order valence-electron chi connectivity index (χ4n) is 2.90. The van der Waals surface area contributed by atoms with Crippen molar-refractivity contribution in [2.24, 2.45) is 5.41 Å². The minimum Gasteiger partial charge on any atom is -0.475 e. The number of nitrogens with zero attached hydrogens (tertiary/aromatic N) is 2. The monoisotopic (exact) mass is 306 g/mol. The largest absolute Gasteiger partial charge is 0.475 e. The van der Waals surface area contributed by atoms with Crippen molar-refractivity contribution in [3.05, 3.63) is 23.9 Å². The van der Waals surface area contributed by atoms with E-state index in [-0.39, 0.29) is 18.1 Å². The van der Waals surface area contributed by atoms with Gasteiger partial charge >= 0.3 is 0 Å². The van der Waals surface area contributed by atoms with E-state index in [1.54, 1.807) is 0 Å². The highest BCUT2D eigenvalue weighted by atomic mass is 16.5. The van der Waals surface area contributed by atoms with Gasteiger partial charge in [0.15, 0.2) is 0 Å². The van der Waals surface area contributed by atoms with Crippen molar-refractivity contribution in [2.45, 2.75) is 45.4 Å². The van der Waals surface area contributed by atoms with E-state index in [0.717, 1.165) is 13.1 Å². The van der Waals surface area contributed by atoms with E-state index < -0.39 is 0 Å². The normalized spacial score (nSPS) is 20.2. The molecule has 1 saturated carbocycles. The summed E-state index contributed by atoms with van der Waals surface area (Å²) >= 11 is 0. The van der Waals surface area contributed by atoms with Crippen molar-refractivity contribution in [2.75, 3.05) is 26.4 Å². The summed E-state index contributed by atoms with van der Waals surface area (Å²) in [4.78, 5) is 6.74. The first-order valence-corrected chi connectivity index (χ1v) is 8.14.